The van der Waals surface area contributed by atoms with E-state index in [2.05, 4.69) is 20.3 Å². The Hall–Kier alpha value is -2.05. The molecule has 0 bridgehead atoms. The molecule has 0 radical (unpaired) electrons. The van der Waals surface area contributed by atoms with Crippen LogP contribution in [0.1, 0.15) is 24.1 Å². The molecule has 1 atom stereocenters. The van der Waals surface area contributed by atoms with Crippen LogP contribution >= 0.6 is 0 Å². The van der Waals surface area contributed by atoms with Crippen molar-refractivity contribution in [2.75, 3.05) is 31.7 Å². The Morgan fingerprint density at radius 2 is 2.08 bits per heavy atom. The number of nitrogens with zero attached hydrogens (tertiary/aromatic N) is 3. The molecule has 0 aromatic carbocycles. The van der Waals surface area contributed by atoms with Gasteiger partial charge >= 0.3 is 0 Å². The van der Waals surface area contributed by atoms with Gasteiger partial charge in [0.05, 0.1) is 19.3 Å². The van der Waals surface area contributed by atoms with Crippen LogP contribution in [0.15, 0.2) is 24.5 Å². The zero-order valence-electron chi connectivity index (χ0n) is 14.3. The van der Waals surface area contributed by atoms with Crippen LogP contribution in [0, 0.1) is 13.8 Å². The fraction of sp³-hybridized carbons (Fsp3) is 0.500. The van der Waals surface area contributed by atoms with Gasteiger partial charge in [0.2, 0.25) is 0 Å². The molecule has 1 unspecified atom stereocenters. The van der Waals surface area contributed by atoms with Gasteiger partial charge in [0.15, 0.2) is 5.82 Å². The summed E-state index contributed by atoms with van der Waals surface area (Å²) >= 11 is 0. The van der Waals surface area contributed by atoms with Gasteiger partial charge in [-0.25, -0.2) is 9.97 Å². The summed E-state index contributed by atoms with van der Waals surface area (Å²) in [6.45, 7) is 6.91. The molecule has 2 aromatic rings. The molecule has 6 heteroatoms. The Morgan fingerprint density at radius 1 is 1.25 bits per heavy atom. The first kappa shape index (κ1) is 16.8. The van der Waals surface area contributed by atoms with Crippen molar-refractivity contribution < 1.29 is 9.47 Å². The van der Waals surface area contributed by atoms with Gasteiger partial charge in [0, 0.05) is 42.4 Å². The minimum atomic E-state index is 0.270. The molecule has 0 amide bonds. The van der Waals surface area contributed by atoms with Crippen LogP contribution in [0.5, 0.6) is 0 Å². The number of ether oxygens (including phenoxy) is 2. The van der Waals surface area contributed by atoms with Crippen molar-refractivity contribution in [3.05, 3.63) is 35.8 Å². The SMILES string of the molecule is Cc1nc(-c2ccncc2)nc(NCCOCC2CCCO2)c1C. The Balaban J connectivity index is 1.57. The van der Waals surface area contributed by atoms with Gasteiger partial charge in [0.1, 0.15) is 5.82 Å². The fourth-order valence-corrected chi connectivity index (χ4v) is 2.66. The average Bonchev–Trinajstić information content (AvgIpc) is 3.12. The second kappa shape index (κ2) is 8.17. The van der Waals surface area contributed by atoms with E-state index in [0.29, 0.717) is 25.6 Å². The van der Waals surface area contributed by atoms with E-state index in [-0.39, 0.29) is 6.10 Å². The summed E-state index contributed by atoms with van der Waals surface area (Å²) in [5, 5.41) is 3.36. The predicted molar refractivity (Wildman–Crippen MR) is 93.0 cm³/mol. The van der Waals surface area contributed by atoms with E-state index in [1.54, 1.807) is 12.4 Å². The zero-order chi connectivity index (χ0) is 16.8. The van der Waals surface area contributed by atoms with E-state index in [1.165, 1.54) is 0 Å². The lowest BCUT2D eigenvalue weighted by atomic mass is 10.2. The molecule has 1 fully saturated rings. The van der Waals surface area contributed by atoms with E-state index in [1.807, 2.05) is 26.0 Å². The minimum absolute atomic E-state index is 0.270. The van der Waals surface area contributed by atoms with Gasteiger partial charge in [0.25, 0.3) is 0 Å². The molecule has 3 rings (SSSR count). The summed E-state index contributed by atoms with van der Waals surface area (Å²) in [7, 11) is 0. The predicted octanol–water partition coefficient (Wildman–Crippen LogP) is 2.76. The molecular formula is C18H24N4O2. The van der Waals surface area contributed by atoms with Crippen molar-refractivity contribution in [1.82, 2.24) is 15.0 Å². The normalized spacial score (nSPS) is 17.2. The molecule has 0 spiro atoms. The van der Waals surface area contributed by atoms with Crippen LogP contribution in [-0.2, 0) is 9.47 Å². The van der Waals surface area contributed by atoms with Crippen molar-refractivity contribution >= 4 is 5.82 Å². The molecule has 1 aliphatic rings. The lowest BCUT2D eigenvalue weighted by Gasteiger charge is -2.13. The highest BCUT2D eigenvalue weighted by Gasteiger charge is 2.15. The summed E-state index contributed by atoms with van der Waals surface area (Å²) in [4.78, 5) is 13.3. The maximum absolute atomic E-state index is 5.69. The molecule has 1 aliphatic heterocycles. The second-order valence-electron chi connectivity index (χ2n) is 5.98. The Labute approximate surface area is 142 Å². The van der Waals surface area contributed by atoms with E-state index in [0.717, 1.165) is 42.1 Å². The number of hydrogen-bond donors (Lipinski definition) is 1. The third-order valence-corrected chi connectivity index (χ3v) is 4.19. The number of rotatable bonds is 7. The average molecular weight is 328 g/mol. The van der Waals surface area contributed by atoms with Gasteiger partial charge in [-0.3, -0.25) is 4.98 Å². The molecule has 1 saturated heterocycles. The third-order valence-electron chi connectivity index (χ3n) is 4.19. The quantitative estimate of drug-likeness (QED) is 0.788. The van der Waals surface area contributed by atoms with Crippen LogP contribution in [-0.4, -0.2) is 47.4 Å². The van der Waals surface area contributed by atoms with Crippen LogP contribution in [0.4, 0.5) is 5.82 Å². The molecule has 2 aromatic heterocycles. The lowest BCUT2D eigenvalue weighted by Crippen LogP contribution is -2.18. The van der Waals surface area contributed by atoms with Gasteiger partial charge in [-0.15, -0.1) is 0 Å². The van der Waals surface area contributed by atoms with Crippen molar-refractivity contribution in [1.29, 1.82) is 0 Å². The van der Waals surface area contributed by atoms with Crippen molar-refractivity contribution in [3.63, 3.8) is 0 Å². The molecule has 6 nitrogen and oxygen atoms in total. The first-order valence-corrected chi connectivity index (χ1v) is 8.43. The highest BCUT2D eigenvalue weighted by Crippen LogP contribution is 2.21. The highest BCUT2D eigenvalue weighted by atomic mass is 16.5. The Bertz CT molecular complexity index is 658. The highest BCUT2D eigenvalue weighted by molar-refractivity contribution is 5.59. The topological polar surface area (TPSA) is 69.2 Å². The smallest absolute Gasteiger partial charge is 0.161 e. The zero-order valence-corrected chi connectivity index (χ0v) is 14.3. The summed E-state index contributed by atoms with van der Waals surface area (Å²) in [6, 6.07) is 3.83. The van der Waals surface area contributed by atoms with Gasteiger partial charge in [-0.05, 0) is 38.8 Å². The number of nitrogens with one attached hydrogen (secondary N) is 1. The van der Waals surface area contributed by atoms with Crippen molar-refractivity contribution in [2.45, 2.75) is 32.8 Å². The fourth-order valence-electron chi connectivity index (χ4n) is 2.66. The Morgan fingerprint density at radius 3 is 2.83 bits per heavy atom. The maximum atomic E-state index is 5.69. The van der Waals surface area contributed by atoms with E-state index < -0.39 is 0 Å². The Kier molecular flexibility index (Phi) is 5.72. The number of anilines is 1. The largest absolute Gasteiger partial charge is 0.377 e. The monoisotopic (exact) mass is 328 g/mol. The van der Waals surface area contributed by atoms with Gasteiger partial charge in [-0.2, -0.15) is 0 Å². The van der Waals surface area contributed by atoms with Gasteiger partial charge in [-0.1, -0.05) is 0 Å². The standard InChI is InChI=1S/C18H24N4O2/c1-13-14(2)21-18(15-5-7-19-8-6-15)22-17(13)20-9-11-23-12-16-4-3-10-24-16/h5-8,16H,3-4,9-12H2,1-2H3,(H,20,21,22). The molecule has 0 saturated carbocycles. The summed E-state index contributed by atoms with van der Waals surface area (Å²) < 4.78 is 11.2. The van der Waals surface area contributed by atoms with E-state index >= 15 is 0 Å². The maximum Gasteiger partial charge on any atom is 0.161 e. The van der Waals surface area contributed by atoms with Crippen molar-refractivity contribution in [2.24, 2.45) is 0 Å². The number of hydrogen-bond acceptors (Lipinski definition) is 6. The molecular weight excluding hydrogens is 304 g/mol. The number of aryl methyl sites for hydroxylation is 1. The molecule has 128 valence electrons. The lowest BCUT2D eigenvalue weighted by molar-refractivity contribution is 0.0206. The van der Waals surface area contributed by atoms with Gasteiger partial charge < -0.3 is 14.8 Å². The molecule has 3 heterocycles. The molecule has 1 N–H and O–H groups in total. The number of aromatic nitrogens is 3. The molecule has 24 heavy (non-hydrogen) atoms. The number of pyridine rings is 1. The summed E-state index contributed by atoms with van der Waals surface area (Å²) in [6.07, 6.45) is 6.02. The van der Waals surface area contributed by atoms with Crippen LogP contribution in [0.3, 0.4) is 0 Å². The van der Waals surface area contributed by atoms with E-state index in [4.69, 9.17) is 9.47 Å². The van der Waals surface area contributed by atoms with E-state index in [9.17, 15) is 0 Å². The van der Waals surface area contributed by atoms with Crippen LogP contribution < -0.4 is 5.32 Å². The summed E-state index contributed by atoms with van der Waals surface area (Å²) in [5.74, 6) is 1.57. The first-order valence-electron chi connectivity index (χ1n) is 8.43. The van der Waals surface area contributed by atoms with Crippen molar-refractivity contribution in [3.8, 4) is 11.4 Å². The first-order chi connectivity index (χ1) is 11.7. The third kappa shape index (κ3) is 4.27. The van der Waals surface area contributed by atoms with Crippen LogP contribution in [0.2, 0.25) is 0 Å². The van der Waals surface area contributed by atoms with Crippen LogP contribution in [0.25, 0.3) is 11.4 Å². The second-order valence-corrected chi connectivity index (χ2v) is 5.98. The summed E-state index contributed by atoms with van der Waals surface area (Å²) in [5.41, 5.74) is 3.00. The minimum Gasteiger partial charge on any atom is -0.377 e. The molecule has 0 aliphatic carbocycles.